The van der Waals surface area contributed by atoms with E-state index in [2.05, 4.69) is 40.5 Å². The summed E-state index contributed by atoms with van der Waals surface area (Å²) in [5.41, 5.74) is 1.58. The fourth-order valence-electron chi connectivity index (χ4n) is 3.33. The Hall–Kier alpha value is -3.69. The van der Waals surface area contributed by atoms with Gasteiger partial charge in [0, 0.05) is 24.7 Å². The summed E-state index contributed by atoms with van der Waals surface area (Å²) >= 11 is 0. The second-order valence-corrected chi connectivity index (χ2v) is 6.56. The average Bonchev–Trinajstić information content (AvgIpc) is 3.48. The first-order chi connectivity index (χ1) is 13.8. The largest absolute Gasteiger partial charge is 0.497 e. The van der Waals surface area contributed by atoms with Crippen LogP contribution in [-0.2, 0) is 0 Å². The van der Waals surface area contributed by atoms with Crippen molar-refractivity contribution in [3.8, 4) is 17.2 Å². The van der Waals surface area contributed by atoms with Gasteiger partial charge >= 0.3 is 0 Å². The predicted molar refractivity (Wildman–Crippen MR) is 102 cm³/mol. The van der Waals surface area contributed by atoms with Crippen LogP contribution < -0.4 is 15.0 Å². The summed E-state index contributed by atoms with van der Waals surface area (Å²) in [6.45, 7) is 1.59. The van der Waals surface area contributed by atoms with E-state index in [1.165, 1.54) is 6.33 Å². The molecule has 0 saturated carbocycles. The van der Waals surface area contributed by atoms with Crippen LogP contribution in [-0.4, -0.2) is 56.5 Å². The summed E-state index contributed by atoms with van der Waals surface area (Å²) < 4.78 is 10.6. The number of nitrogens with one attached hydrogen (secondary N) is 2. The number of methoxy groups -OCH3 is 1. The van der Waals surface area contributed by atoms with Gasteiger partial charge in [-0.25, -0.2) is 9.97 Å². The predicted octanol–water partition coefficient (Wildman–Crippen LogP) is 2.10. The van der Waals surface area contributed by atoms with Gasteiger partial charge in [0.1, 0.15) is 17.9 Å². The van der Waals surface area contributed by atoms with Gasteiger partial charge in [0.2, 0.25) is 0 Å². The molecule has 1 atom stereocenters. The summed E-state index contributed by atoms with van der Waals surface area (Å²) in [6.07, 6.45) is 4.19. The number of fused-ring (bicyclic) bond motifs is 1. The van der Waals surface area contributed by atoms with E-state index in [0.717, 1.165) is 47.7 Å². The highest BCUT2D eigenvalue weighted by atomic mass is 16.5. The SMILES string of the molecule is COc1ccc(-c2nc(N3CC[C@H](Nc4ncnc5[nH]ncc45)C3)no2)cc1. The zero-order valence-corrected chi connectivity index (χ0v) is 15.2. The number of H-pyrrole nitrogens is 1. The second-order valence-electron chi connectivity index (χ2n) is 6.56. The van der Waals surface area contributed by atoms with E-state index in [0.29, 0.717) is 11.8 Å². The highest BCUT2D eigenvalue weighted by molar-refractivity contribution is 5.85. The lowest BCUT2D eigenvalue weighted by molar-refractivity contribution is 0.414. The Morgan fingerprint density at radius 3 is 3.00 bits per heavy atom. The third kappa shape index (κ3) is 2.98. The van der Waals surface area contributed by atoms with Crippen molar-refractivity contribution in [1.29, 1.82) is 0 Å². The van der Waals surface area contributed by atoms with E-state index in [9.17, 15) is 0 Å². The van der Waals surface area contributed by atoms with Gasteiger partial charge in [-0.1, -0.05) is 0 Å². The molecule has 2 N–H and O–H groups in total. The van der Waals surface area contributed by atoms with E-state index in [1.54, 1.807) is 13.3 Å². The molecule has 0 spiro atoms. The van der Waals surface area contributed by atoms with Crippen molar-refractivity contribution in [2.24, 2.45) is 0 Å². The summed E-state index contributed by atoms with van der Waals surface area (Å²) in [5.74, 6) is 2.64. The first kappa shape index (κ1) is 16.5. The number of ether oxygens (including phenoxy) is 1. The highest BCUT2D eigenvalue weighted by Crippen LogP contribution is 2.26. The molecular formula is C18H18N8O2. The molecule has 4 aromatic rings. The summed E-state index contributed by atoms with van der Waals surface area (Å²) in [5, 5.41) is 15.4. The van der Waals surface area contributed by atoms with Crippen molar-refractivity contribution in [2.75, 3.05) is 30.4 Å². The van der Waals surface area contributed by atoms with Crippen LogP contribution in [0.15, 0.2) is 41.3 Å². The van der Waals surface area contributed by atoms with Crippen molar-refractivity contribution in [3.05, 3.63) is 36.8 Å². The molecule has 1 aliphatic heterocycles. The number of rotatable bonds is 5. The summed E-state index contributed by atoms with van der Waals surface area (Å²) in [6, 6.07) is 7.75. The minimum atomic E-state index is 0.218. The topological polar surface area (TPSA) is 118 Å². The monoisotopic (exact) mass is 378 g/mol. The quantitative estimate of drug-likeness (QED) is 0.538. The summed E-state index contributed by atoms with van der Waals surface area (Å²) in [7, 11) is 1.64. The second kappa shape index (κ2) is 6.80. The Morgan fingerprint density at radius 1 is 1.25 bits per heavy atom. The van der Waals surface area contributed by atoms with Gasteiger partial charge in [0.25, 0.3) is 11.8 Å². The number of hydrogen-bond acceptors (Lipinski definition) is 9. The van der Waals surface area contributed by atoms with E-state index >= 15 is 0 Å². The van der Waals surface area contributed by atoms with Crippen LogP contribution >= 0.6 is 0 Å². The average molecular weight is 378 g/mol. The van der Waals surface area contributed by atoms with E-state index in [1.807, 2.05) is 24.3 Å². The molecule has 0 bridgehead atoms. The molecule has 1 saturated heterocycles. The smallest absolute Gasteiger partial charge is 0.266 e. The molecule has 0 radical (unpaired) electrons. The number of aromatic amines is 1. The first-order valence-electron chi connectivity index (χ1n) is 8.94. The summed E-state index contributed by atoms with van der Waals surface area (Å²) in [4.78, 5) is 15.1. The van der Waals surface area contributed by atoms with E-state index in [-0.39, 0.29) is 6.04 Å². The van der Waals surface area contributed by atoms with Gasteiger partial charge in [0.05, 0.1) is 18.7 Å². The Bertz CT molecular complexity index is 1090. The lowest BCUT2D eigenvalue weighted by Crippen LogP contribution is -2.27. The molecule has 10 heteroatoms. The lowest BCUT2D eigenvalue weighted by Gasteiger charge is -2.15. The number of aromatic nitrogens is 6. The number of hydrogen-bond donors (Lipinski definition) is 2. The van der Waals surface area contributed by atoms with Crippen LogP contribution in [0.5, 0.6) is 5.75 Å². The van der Waals surface area contributed by atoms with E-state index in [4.69, 9.17) is 9.26 Å². The van der Waals surface area contributed by atoms with Gasteiger partial charge in [-0.3, -0.25) is 5.10 Å². The molecule has 1 fully saturated rings. The zero-order valence-electron chi connectivity index (χ0n) is 15.2. The normalized spacial score (nSPS) is 16.6. The zero-order chi connectivity index (χ0) is 18.9. The maximum atomic E-state index is 5.44. The Labute approximate surface area is 159 Å². The molecule has 142 valence electrons. The molecule has 4 heterocycles. The molecule has 1 aromatic carbocycles. The molecule has 0 unspecified atom stereocenters. The highest BCUT2D eigenvalue weighted by Gasteiger charge is 2.27. The minimum absolute atomic E-state index is 0.218. The van der Waals surface area contributed by atoms with Crippen LogP contribution in [0, 0.1) is 0 Å². The molecule has 10 nitrogen and oxygen atoms in total. The van der Waals surface area contributed by atoms with Gasteiger partial charge in [-0.2, -0.15) is 10.1 Å². The van der Waals surface area contributed by atoms with Gasteiger partial charge in [0.15, 0.2) is 5.65 Å². The molecular weight excluding hydrogens is 360 g/mol. The molecule has 0 amide bonds. The Morgan fingerprint density at radius 2 is 2.14 bits per heavy atom. The van der Waals surface area contributed by atoms with Gasteiger partial charge < -0.3 is 19.5 Å². The first-order valence-corrected chi connectivity index (χ1v) is 8.94. The molecule has 0 aliphatic carbocycles. The molecule has 1 aliphatic rings. The van der Waals surface area contributed by atoms with Crippen LogP contribution in [0.25, 0.3) is 22.5 Å². The number of anilines is 2. The molecule has 3 aromatic heterocycles. The van der Waals surface area contributed by atoms with Crippen molar-refractivity contribution >= 4 is 22.8 Å². The maximum Gasteiger partial charge on any atom is 0.266 e. The van der Waals surface area contributed by atoms with Crippen molar-refractivity contribution in [3.63, 3.8) is 0 Å². The van der Waals surface area contributed by atoms with Gasteiger partial charge in [-0.15, -0.1) is 0 Å². The molecule has 5 rings (SSSR count). The third-order valence-electron chi connectivity index (χ3n) is 4.81. The minimum Gasteiger partial charge on any atom is -0.497 e. The molecule has 28 heavy (non-hydrogen) atoms. The van der Waals surface area contributed by atoms with Gasteiger partial charge in [-0.05, 0) is 35.8 Å². The maximum absolute atomic E-state index is 5.44. The van der Waals surface area contributed by atoms with Crippen molar-refractivity contribution in [1.82, 2.24) is 30.3 Å². The van der Waals surface area contributed by atoms with Crippen molar-refractivity contribution < 1.29 is 9.26 Å². The van der Waals surface area contributed by atoms with Crippen molar-refractivity contribution in [2.45, 2.75) is 12.5 Å². The Balaban J connectivity index is 1.28. The van der Waals surface area contributed by atoms with E-state index < -0.39 is 0 Å². The fourth-order valence-corrected chi connectivity index (χ4v) is 3.33. The number of nitrogens with zero attached hydrogens (tertiary/aromatic N) is 6. The van der Waals surface area contributed by atoms with Crippen LogP contribution in [0.2, 0.25) is 0 Å². The Kier molecular flexibility index (Phi) is 4.00. The standard InChI is InChI=1S/C18H18N8O2/c1-27-13-4-2-11(3-5-13)17-23-18(25-28-17)26-7-6-12(9-26)22-15-14-8-21-24-16(14)20-10-19-15/h2-5,8,10,12H,6-7,9H2,1H3,(H2,19,20,21,22,24)/t12-/m0/s1. The fraction of sp³-hybridized carbons (Fsp3) is 0.278. The lowest BCUT2D eigenvalue weighted by atomic mass is 10.2. The third-order valence-corrected chi connectivity index (χ3v) is 4.81. The van der Waals surface area contributed by atoms with Crippen LogP contribution in [0.4, 0.5) is 11.8 Å². The van der Waals surface area contributed by atoms with Crippen LogP contribution in [0.1, 0.15) is 6.42 Å². The van der Waals surface area contributed by atoms with Crippen LogP contribution in [0.3, 0.4) is 0 Å². The number of benzene rings is 1.